The van der Waals surface area contributed by atoms with Gasteiger partial charge in [-0.25, -0.2) is 9.37 Å². The molecule has 26 heavy (non-hydrogen) atoms. The van der Waals surface area contributed by atoms with Gasteiger partial charge in [-0.15, -0.1) is 0 Å². The third kappa shape index (κ3) is 3.34. The number of pyridine rings is 1. The van der Waals surface area contributed by atoms with E-state index < -0.39 is 5.82 Å². The van der Waals surface area contributed by atoms with Crippen molar-refractivity contribution in [3.63, 3.8) is 0 Å². The van der Waals surface area contributed by atoms with E-state index in [0.717, 1.165) is 49.4 Å². The molecule has 1 aliphatic heterocycles. The first-order valence-corrected chi connectivity index (χ1v) is 9.24. The van der Waals surface area contributed by atoms with Crippen molar-refractivity contribution >= 4 is 39.1 Å². The maximum atomic E-state index is 14.1. The van der Waals surface area contributed by atoms with Crippen molar-refractivity contribution in [2.24, 2.45) is 0 Å². The van der Waals surface area contributed by atoms with Gasteiger partial charge in [-0.05, 0) is 25.1 Å². The maximum absolute atomic E-state index is 14.1. The van der Waals surface area contributed by atoms with E-state index in [9.17, 15) is 4.39 Å². The van der Waals surface area contributed by atoms with Crippen LogP contribution in [0.25, 0.3) is 21.8 Å². The van der Waals surface area contributed by atoms with E-state index in [2.05, 4.69) is 22.1 Å². The first-order chi connectivity index (χ1) is 12.6. The fourth-order valence-corrected chi connectivity index (χ4v) is 3.79. The number of rotatable bonds is 4. The van der Waals surface area contributed by atoms with Crippen LogP contribution >= 0.6 is 11.6 Å². The summed E-state index contributed by atoms with van der Waals surface area (Å²) >= 11 is 6.32. The highest BCUT2D eigenvalue weighted by Gasteiger charge is 2.18. The normalized spacial score (nSPS) is 16.9. The molecule has 1 saturated heterocycles. The van der Waals surface area contributed by atoms with E-state index in [1.807, 2.05) is 24.3 Å². The van der Waals surface area contributed by atoms with E-state index in [-0.39, 0.29) is 11.1 Å². The number of aromatic nitrogens is 1. The number of para-hydroxylation sites is 1. The fraction of sp³-hybridized carbons (Fsp3) is 0.350. The number of anilines is 1. The molecule has 4 rings (SSSR count). The second kappa shape index (κ2) is 7.35. The molecule has 1 N–H and O–H groups in total. The SMILES string of the molecule is CC(CN1CCOCC1)Nc1c2ccccc2nc2ccc(F)c(Cl)c12. The van der Waals surface area contributed by atoms with Crippen LogP contribution in [-0.2, 0) is 4.74 Å². The molecular formula is C20H21ClFN3O. The minimum absolute atomic E-state index is 0.113. The Morgan fingerprint density at radius 3 is 2.77 bits per heavy atom. The number of nitrogens with zero attached hydrogens (tertiary/aromatic N) is 2. The van der Waals surface area contributed by atoms with Crippen LogP contribution in [0.3, 0.4) is 0 Å². The highest BCUT2D eigenvalue weighted by molar-refractivity contribution is 6.37. The van der Waals surface area contributed by atoms with Gasteiger partial charge in [0.05, 0.1) is 35.0 Å². The third-order valence-corrected chi connectivity index (χ3v) is 5.13. The number of hydrogen-bond donors (Lipinski definition) is 1. The molecule has 0 amide bonds. The van der Waals surface area contributed by atoms with Crippen molar-refractivity contribution in [3.05, 3.63) is 47.2 Å². The highest BCUT2D eigenvalue weighted by Crippen LogP contribution is 2.37. The Kier molecular flexibility index (Phi) is 4.94. The lowest BCUT2D eigenvalue weighted by molar-refractivity contribution is 0.0368. The number of ether oxygens (including phenoxy) is 1. The Labute approximate surface area is 156 Å². The summed E-state index contributed by atoms with van der Waals surface area (Å²) in [6.45, 7) is 6.41. The monoisotopic (exact) mass is 373 g/mol. The summed E-state index contributed by atoms with van der Waals surface area (Å²) in [4.78, 5) is 7.02. The minimum Gasteiger partial charge on any atom is -0.380 e. The van der Waals surface area contributed by atoms with Gasteiger partial charge in [0.25, 0.3) is 0 Å². The quantitative estimate of drug-likeness (QED) is 0.691. The van der Waals surface area contributed by atoms with Gasteiger partial charge >= 0.3 is 0 Å². The highest BCUT2D eigenvalue weighted by atomic mass is 35.5. The van der Waals surface area contributed by atoms with Gasteiger partial charge in [0.15, 0.2) is 0 Å². The summed E-state index contributed by atoms with van der Waals surface area (Å²) in [6, 6.07) is 11.1. The predicted octanol–water partition coefficient (Wildman–Crippen LogP) is 4.31. The first-order valence-electron chi connectivity index (χ1n) is 8.86. The summed E-state index contributed by atoms with van der Waals surface area (Å²) in [6.07, 6.45) is 0. The predicted molar refractivity (Wildman–Crippen MR) is 105 cm³/mol. The molecule has 136 valence electrons. The van der Waals surface area contributed by atoms with Crippen molar-refractivity contribution in [3.8, 4) is 0 Å². The Balaban J connectivity index is 1.76. The van der Waals surface area contributed by atoms with Gasteiger partial charge in [-0.2, -0.15) is 0 Å². The molecule has 0 saturated carbocycles. The zero-order valence-electron chi connectivity index (χ0n) is 14.6. The van der Waals surface area contributed by atoms with E-state index in [1.165, 1.54) is 6.07 Å². The van der Waals surface area contributed by atoms with Gasteiger partial charge in [-0.3, -0.25) is 4.90 Å². The number of nitrogens with one attached hydrogen (secondary N) is 1. The van der Waals surface area contributed by atoms with Gasteiger partial charge in [-0.1, -0.05) is 29.8 Å². The van der Waals surface area contributed by atoms with E-state index in [0.29, 0.717) is 10.9 Å². The number of hydrogen-bond acceptors (Lipinski definition) is 4. The molecule has 6 heteroatoms. The number of benzene rings is 2. The van der Waals surface area contributed by atoms with Crippen molar-refractivity contribution in [1.29, 1.82) is 0 Å². The van der Waals surface area contributed by atoms with Crippen molar-refractivity contribution in [1.82, 2.24) is 9.88 Å². The van der Waals surface area contributed by atoms with Crippen LogP contribution in [0.1, 0.15) is 6.92 Å². The van der Waals surface area contributed by atoms with Crippen LogP contribution in [0.4, 0.5) is 10.1 Å². The second-order valence-corrected chi connectivity index (χ2v) is 7.10. The topological polar surface area (TPSA) is 37.4 Å². The van der Waals surface area contributed by atoms with Gasteiger partial charge < -0.3 is 10.1 Å². The number of halogens is 2. The van der Waals surface area contributed by atoms with E-state index >= 15 is 0 Å². The lowest BCUT2D eigenvalue weighted by atomic mass is 10.1. The Morgan fingerprint density at radius 2 is 1.96 bits per heavy atom. The van der Waals surface area contributed by atoms with Crippen LogP contribution in [0, 0.1) is 5.82 Å². The van der Waals surface area contributed by atoms with E-state index in [4.69, 9.17) is 16.3 Å². The molecule has 0 aliphatic carbocycles. The van der Waals surface area contributed by atoms with Gasteiger partial charge in [0, 0.05) is 36.4 Å². The van der Waals surface area contributed by atoms with Crippen LogP contribution in [0.5, 0.6) is 0 Å². The summed E-state index contributed by atoms with van der Waals surface area (Å²) in [7, 11) is 0. The summed E-state index contributed by atoms with van der Waals surface area (Å²) < 4.78 is 19.5. The second-order valence-electron chi connectivity index (χ2n) is 6.72. The Hall–Kier alpha value is -1.95. The molecule has 0 spiro atoms. The molecule has 4 nitrogen and oxygen atoms in total. The molecule has 0 radical (unpaired) electrons. The lowest BCUT2D eigenvalue weighted by Crippen LogP contribution is -2.42. The van der Waals surface area contributed by atoms with Crippen molar-refractivity contribution in [2.45, 2.75) is 13.0 Å². The van der Waals surface area contributed by atoms with Crippen LogP contribution in [0.2, 0.25) is 5.02 Å². The molecule has 1 fully saturated rings. The fourth-order valence-electron chi connectivity index (χ4n) is 3.53. The lowest BCUT2D eigenvalue weighted by Gasteiger charge is -2.30. The smallest absolute Gasteiger partial charge is 0.142 e. The zero-order chi connectivity index (χ0) is 18.1. The zero-order valence-corrected chi connectivity index (χ0v) is 15.4. The first kappa shape index (κ1) is 17.5. The van der Waals surface area contributed by atoms with Gasteiger partial charge in [0.1, 0.15) is 5.82 Å². The number of morpholine rings is 1. The number of fused-ring (bicyclic) bond motifs is 2. The minimum atomic E-state index is -0.430. The van der Waals surface area contributed by atoms with E-state index in [1.54, 1.807) is 6.07 Å². The largest absolute Gasteiger partial charge is 0.380 e. The average Bonchev–Trinajstić information content (AvgIpc) is 2.65. The van der Waals surface area contributed by atoms with Gasteiger partial charge in [0.2, 0.25) is 0 Å². The molecule has 2 aromatic carbocycles. The van der Waals surface area contributed by atoms with Crippen molar-refractivity contribution < 1.29 is 9.13 Å². The Morgan fingerprint density at radius 1 is 1.19 bits per heavy atom. The van der Waals surface area contributed by atoms with Crippen LogP contribution in [0.15, 0.2) is 36.4 Å². The summed E-state index contributed by atoms with van der Waals surface area (Å²) in [5, 5.41) is 5.27. The molecular weight excluding hydrogens is 353 g/mol. The molecule has 3 aromatic rings. The molecule has 1 unspecified atom stereocenters. The summed E-state index contributed by atoms with van der Waals surface area (Å²) in [5.74, 6) is -0.430. The van der Waals surface area contributed by atoms with Crippen LogP contribution in [-0.4, -0.2) is 48.8 Å². The standard InChI is InChI=1S/C20H21ClFN3O/c1-13(12-25-8-10-26-11-9-25)23-20-14-4-2-3-5-16(14)24-17-7-6-15(22)19(21)18(17)20/h2-7,13H,8-12H2,1H3,(H,23,24). The molecule has 2 heterocycles. The molecule has 1 atom stereocenters. The third-order valence-electron chi connectivity index (χ3n) is 4.76. The molecule has 1 aromatic heterocycles. The maximum Gasteiger partial charge on any atom is 0.142 e. The van der Waals surface area contributed by atoms with Crippen LogP contribution < -0.4 is 5.32 Å². The summed E-state index contributed by atoms with van der Waals surface area (Å²) in [5.41, 5.74) is 2.40. The average molecular weight is 374 g/mol. The molecule has 0 bridgehead atoms. The molecule has 1 aliphatic rings. The Bertz CT molecular complexity index is 943. The van der Waals surface area contributed by atoms with Crippen molar-refractivity contribution in [2.75, 3.05) is 38.2 Å².